The van der Waals surface area contributed by atoms with Crippen LogP contribution in [-0.4, -0.2) is 24.5 Å². The molecule has 0 spiro atoms. The van der Waals surface area contributed by atoms with Gasteiger partial charge in [0.25, 0.3) is 0 Å². The fourth-order valence-corrected chi connectivity index (χ4v) is 11.0. The number of fused-ring (bicyclic) bond motifs is 9. The van der Waals surface area contributed by atoms with Gasteiger partial charge < -0.3 is 0 Å². The third-order valence-electron chi connectivity index (χ3n) is 14.5. The van der Waals surface area contributed by atoms with Crippen LogP contribution in [0.1, 0.15) is 49.9 Å². The number of hydrogen-bond acceptors (Lipinski definition) is 4. The lowest BCUT2D eigenvalue weighted by Crippen LogP contribution is -2.16. The molecule has 0 N–H and O–H groups in total. The van der Waals surface area contributed by atoms with Gasteiger partial charge in [-0.05, 0) is 121 Å². The van der Waals surface area contributed by atoms with Crippen molar-refractivity contribution in [3.63, 3.8) is 0 Å². The Balaban J connectivity index is 1.01. The number of nitrogens with zero attached hydrogens (tertiary/aromatic N) is 5. The first-order valence-electron chi connectivity index (χ1n) is 23.1. The van der Waals surface area contributed by atoms with Crippen LogP contribution in [0.2, 0.25) is 0 Å². The first kappa shape index (κ1) is 39.1. The molecule has 2 aliphatic rings. The van der Waals surface area contributed by atoms with Crippen molar-refractivity contribution in [2.75, 3.05) is 0 Å². The molecule has 5 nitrogen and oxygen atoms in total. The van der Waals surface area contributed by atoms with Crippen LogP contribution < -0.4 is 0 Å². The minimum Gasteiger partial charge on any atom is -0.278 e. The molecule has 0 saturated carbocycles. The van der Waals surface area contributed by atoms with Gasteiger partial charge in [0.05, 0.1) is 16.7 Å². The van der Waals surface area contributed by atoms with E-state index in [0.29, 0.717) is 17.6 Å². The Hall–Kier alpha value is -8.28. The largest absolute Gasteiger partial charge is 0.278 e. The number of rotatable bonds is 6. The lowest BCUT2D eigenvalue weighted by Gasteiger charge is -2.24. The second kappa shape index (κ2) is 14.6. The zero-order chi connectivity index (χ0) is 45.0. The Kier molecular flexibility index (Phi) is 8.53. The molecule has 11 aromatic rings. The molecule has 318 valence electrons. The van der Waals surface area contributed by atoms with Crippen LogP contribution in [0.15, 0.2) is 200 Å². The van der Waals surface area contributed by atoms with Crippen molar-refractivity contribution in [1.82, 2.24) is 24.5 Å². The predicted molar refractivity (Wildman–Crippen MR) is 274 cm³/mol. The zero-order valence-electron chi connectivity index (χ0n) is 37.8. The van der Waals surface area contributed by atoms with E-state index >= 15 is 0 Å². The average molecular weight is 860 g/mol. The number of pyridine rings is 1. The summed E-state index contributed by atoms with van der Waals surface area (Å²) in [6.07, 6.45) is 1.85. The third kappa shape index (κ3) is 6.08. The maximum atomic E-state index is 5.28. The Labute approximate surface area is 390 Å². The van der Waals surface area contributed by atoms with E-state index in [9.17, 15) is 0 Å². The molecule has 5 heteroatoms. The van der Waals surface area contributed by atoms with Crippen molar-refractivity contribution in [1.29, 1.82) is 0 Å². The van der Waals surface area contributed by atoms with Gasteiger partial charge >= 0.3 is 0 Å². The van der Waals surface area contributed by atoms with Crippen LogP contribution in [0, 0.1) is 0 Å². The fraction of sp³-hybridized carbons (Fsp3) is 0.0968. The minimum absolute atomic E-state index is 0.0819. The average Bonchev–Trinajstić information content (AvgIpc) is 3.92. The molecular formula is C62H45N5. The second-order valence-electron chi connectivity index (χ2n) is 19.1. The molecule has 0 amide bonds. The van der Waals surface area contributed by atoms with Crippen LogP contribution in [0.5, 0.6) is 0 Å². The first-order chi connectivity index (χ1) is 32.7. The SMILES string of the molecule is CC1(C)c2ccccc2-c2cc3c(cc21)-c1cc(-c2ccc4c5cc(-c6cccc(-c7ccccn7)c6)ccc5n(-c5nc(-c6ccccc6)nc(-c6ccccc6)n5)c4c2)ccc1C3(C)C. The molecule has 0 fully saturated rings. The third-order valence-corrected chi connectivity index (χ3v) is 14.5. The molecule has 0 aliphatic heterocycles. The van der Waals surface area contributed by atoms with E-state index < -0.39 is 0 Å². The van der Waals surface area contributed by atoms with E-state index in [0.717, 1.165) is 60.9 Å². The van der Waals surface area contributed by atoms with Crippen molar-refractivity contribution in [3.8, 4) is 84.5 Å². The maximum Gasteiger partial charge on any atom is 0.238 e. The Morgan fingerprint density at radius 3 is 1.61 bits per heavy atom. The van der Waals surface area contributed by atoms with Crippen molar-refractivity contribution < 1.29 is 0 Å². The first-order valence-corrected chi connectivity index (χ1v) is 23.1. The molecule has 3 heterocycles. The number of hydrogen-bond donors (Lipinski definition) is 0. The zero-order valence-corrected chi connectivity index (χ0v) is 37.8. The molecule has 0 unspecified atom stereocenters. The Morgan fingerprint density at radius 2 is 0.896 bits per heavy atom. The Bertz CT molecular complexity index is 3730. The smallest absolute Gasteiger partial charge is 0.238 e. The molecule has 8 aromatic carbocycles. The molecule has 13 rings (SSSR count). The summed E-state index contributed by atoms with van der Waals surface area (Å²) in [7, 11) is 0. The minimum atomic E-state index is -0.142. The van der Waals surface area contributed by atoms with Crippen molar-refractivity contribution >= 4 is 21.8 Å². The fourth-order valence-electron chi connectivity index (χ4n) is 11.0. The number of benzene rings is 8. The van der Waals surface area contributed by atoms with Gasteiger partial charge in [-0.3, -0.25) is 9.55 Å². The summed E-state index contributed by atoms with van der Waals surface area (Å²) in [6.45, 7) is 9.50. The van der Waals surface area contributed by atoms with Crippen LogP contribution in [0.25, 0.3) is 106 Å². The molecule has 67 heavy (non-hydrogen) atoms. The summed E-state index contributed by atoms with van der Waals surface area (Å²) < 4.78 is 2.23. The van der Waals surface area contributed by atoms with Gasteiger partial charge in [0.1, 0.15) is 0 Å². The van der Waals surface area contributed by atoms with Crippen LogP contribution in [0.4, 0.5) is 0 Å². The van der Waals surface area contributed by atoms with Gasteiger partial charge in [0.2, 0.25) is 5.95 Å². The summed E-state index contributed by atoms with van der Waals surface area (Å²) in [5, 5.41) is 2.24. The monoisotopic (exact) mass is 859 g/mol. The van der Waals surface area contributed by atoms with Crippen molar-refractivity contribution in [3.05, 3.63) is 223 Å². The Morgan fingerprint density at radius 1 is 0.343 bits per heavy atom. The summed E-state index contributed by atoms with van der Waals surface area (Å²) in [6, 6.07) is 69.8. The topological polar surface area (TPSA) is 56.5 Å². The highest BCUT2D eigenvalue weighted by Crippen LogP contribution is 2.56. The van der Waals surface area contributed by atoms with Gasteiger partial charge in [-0.2, -0.15) is 9.97 Å². The highest BCUT2D eigenvalue weighted by molar-refractivity contribution is 6.11. The van der Waals surface area contributed by atoms with E-state index in [4.69, 9.17) is 15.0 Å². The van der Waals surface area contributed by atoms with E-state index in [1.165, 1.54) is 50.1 Å². The van der Waals surface area contributed by atoms with Crippen molar-refractivity contribution in [2.45, 2.75) is 38.5 Å². The standard InChI is InChI=1S/C62H45N5/c1-61(2)51-23-12-11-22-45(51)48-36-54-49(37-53(48)61)47-33-41(26-29-52(47)62(54,3)4)43-25-28-46-50-34-42(40-20-15-21-44(32-40)55-24-13-14-31-63-55)27-30-56(50)67(57(46)35-43)60-65-58(38-16-7-5-8-17-38)64-59(66-60)39-18-9-6-10-19-39/h5-37H,1-4H3. The molecular weight excluding hydrogens is 815 g/mol. The summed E-state index contributed by atoms with van der Waals surface area (Å²) in [5.41, 5.74) is 21.2. The number of aromatic nitrogens is 5. The molecule has 0 saturated heterocycles. The summed E-state index contributed by atoms with van der Waals surface area (Å²) >= 11 is 0. The highest BCUT2D eigenvalue weighted by atomic mass is 15.2. The summed E-state index contributed by atoms with van der Waals surface area (Å²) in [5.74, 6) is 1.81. The lowest BCUT2D eigenvalue weighted by molar-refractivity contribution is 0.652. The van der Waals surface area contributed by atoms with Gasteiger partial charge in [-0.15, -0.1) is 0 Å². The maximum absolute atomic E-state index is 5.28. The van der Waals surface area contributed by atoms with E-state index in [1.54, 1.807) is 0 Å². The van der Waals surface area contributed by atoms with E-state index in [1.807, 2.05) is 54.7 Å². The lowest BCUT2D eigenvalue weighted by atomic mass is 9.79. The molecule has 0 atom stereocenters. The predicted octanol–water partition coefficient (Wildman–Crippen LogP) is 15.3. The van der Waals surface area contributed by atoms with Crippen LogP contribution >= 0.6 is 0 Å². The summed E-state index contributed by atoms with van der Waals surface area (Å²) in [4.78, 5) is 20.3. The molecule has 3 aromatic heterocycles. The van der Waals surface area contributed by atoms with Gasteiger partial charge in [-0.25, -0.2) is 4.98 Å². The highest BCUT2D eigenvalue weighted by Gasteiger charge is 2.41. The van der Waals surface area contributed by atoms with E-state index in [2.05, 4.69) is 183 Å². The van der Waals surface area contributed by atoms with Crippen LogP contribution in [-0.2, 0) is 10.8 Å². The normalized spacial score (nSPS) is 13.9. The van der Waals surface area contributed by atoms with Crippen LogP contribution in [0.3, 0.4) is 0 Å². The molecule has 0 bridgehead atoms. The second-order valence-corrected chi connectivity index (χ2v) is 19.1. The van der Waals surface area contributed by atoms with Crippen molar-refractivity contribution in [2.24, 2.45) is 0 Å². The molecule has 0 radical (unpaired) electrons. The van der Waals surface area contributed by atoms with Gasteiger partial charge in [0.15, 0.2) is 11.6 Å². The quantitative estimate of drug-likeness (QED) is 0.167. The van der Waals surface area contributed by atoms with E-state index in [-0.39, 0.29) is 10.8 Å². The van der Waals surface area contributed by atoms with Gasteiger partial charge in [0, 0.05) is 44.5 Å². The molecule has 2 aliphatic carbocycles. The van der Waals surface area contributed by atoms with Gasteiger partial charge in [-0.1, -0.05) is 167 Å².